The van der Waals surface area contributed by atoms with Crippen LogP contribution < -0.4 is 10.9 Å². The van der Waals surface area contributed by atoms with Gasteiger partial charge in [-0.2, -0.15) is 0 Å². The van der Waals surface area contributed by atoms with Crippen molar-refractivity contribution in [2.75, 3.05) is 0 Å². The Morgan fingerprint density at radius 2 is 1.83 bits per heavy atom. The molecular weight excluding hydrogens is 458 g/mol. The SMILES string of the molecule is CC[C@H](C)NC(=O)c1ccc2c(=O)n(CCC(C)C)c3nnc(SCc4ccc(C)cc4)n3c2c1. The number of nitrogens with zero attached hydrogens (tertiary/aromatic N) is 4. The van der Waals surface area contributed by atoms with Gasteiger partial charge in [-0.3, -0.25) is 18.6 Å². The molecule has 0 aliphatic heterocycles. The third-order valence-corrected chi connectivity index (χ3v) is 7.24. The molecule has 2 heterocycles. The second-order valence-corrected chi connectivity index (χ2v) is 10.5. The highest BCUT2D eigenvalue weighted by atomic mass is 32.2. The predicted octanol–water partition coefficient (Wildman–Crippen LogP) is 5.22. The van der Waals surface area contributed by atoms with Crippen LogP contribution in [-0.2, 0) is 12.3 Å². The average Bonchev–Trinajstić information content (AvgIpc) is 3.27. The molecule has 0 saturated carbocycles. The Morgan fingerprint density at radius 3 is 2.51 bits per heavy atom. The van der Waals surface area contributed by atoms with Gasteiger partial charge in [-0.1, -0.05) is 62.4 Å². The van der Waals surface area contributed by atoms with E-state index in [1.165, 1.54) is 11.1 Å². The first-order chi connectivity index (χ1) is 16.8. The van der Waals surface area contributed by atoms with Crippen LogP contribution in [0.3, 0.4) is 0 Å². The van der Waals surface area contributed by atoms with Crippen LogP contribution in [0.25, 0.3) is 16.7 Å². The van der Waals surface area contributed by atoms with Crippen LogP contribution >= 0.6 is 11.8 Å². The van der Waals surface area contributed by atoms with Crippen molar-refractivity contribution in [2.24, 2.45) is 5.92 Å². The summed E-state index contributed by atoms with van der Waals surface area (Å²) in [4.78, 5) is 26.3. The van der Waals surface area contributed by atoms with Crippen LogP contribution in [-0.4, -0.2) is 31.1 Å². The topological polar surface area (TPSA) is 81.3 Å². The zero-order valence-corrected chi connectivity index (χ0v) is 21.9. The summed E-state index contributed by atoms with van der Waals surface area (Å²) in [5, 5.41) is 13.1. The number of aryl methyl sites for hydroxylation is 2. The number of benzene rings is 2. The van der Waals surface area contributed by atoms with Crippen LogP contribution in [0.2, 0.25) is 0 Å². The van der Waals surface area contributed by atoms with Gasteiger partial charge in [-0.15, -0.1) is 10.2 Å². The van der Waals surface area contributed by atoms with E-state index in [0.29, 0.717) is 39.9 Å². The molecule has 0 saturated heterocycles. The second-order valence-electron chi connectivity index (χ2n) is 9.55. The van der Waals surface area contributed by atoms with Crippen molar-refractivity contribution in [1.82, 2.24) is 24.5 Å². The van der Waals surface area contributed by atoms with Gasteiger partial charge in [-0.25, -0.2) is 0 Å². The molecule has 8 heteroatoms. The monoisotopic (exact) mass is 491 g/mol. The number of rotatable bonds is 9. The number of carbonyl (C=O) groups is 1. The first kappa shape index (κ1) is 25.0. The smallest absolute Gasteiger partial charge is 0.262 e. The van der Waals surface area contributed by atoms with Gasteiger partial charge >= 0.3 is 0 Å². The molecule has 4 aromatic rings. The predicted molar refractivity (Wildman–Crippen MR) is 142 cm³/mol. The van der Waals surface area contributed by atoms with Gasteiger partial charge in [0.2, 0.25) is 5.78 Å². The van der Waals surface area contributed by atoms with E-state index in [9.17, 15) is 9.59 Å². The largest absolute Gasteiger partial charge is 0.350 e. The Labute approximate surface area is 210 Å². The van der Waals surface area contributed by atoms with Crippen LogP contribution in [0.15, 0.2) is 52.4 Å². The van der Waals surface area contributed by atoms with Gasteiger partial charge in [-0.05, 0) is 56.4 Å². The molecule has 1 atom stereocenters. The number of aromatic nitrogens is 4. The molecule has 0 unspecified atom stereocenters. The van der Waals surface area contributed by atoms with Crippen molar-refractivity contribution in [1.29, 1.82) is 0 Å². The molecule has 2 aromatic carbocycles. The summed E-state index contributed by atoms with van der Waals surface area (Å²) in [5.74, 6) is 1.53. The van der Waals surface area contributed by atoms with Crippen molar-refractivity contribution in [3.05, 3.63) is 69.5 Å². The first-order valence-corrected chi connectivity index (χ1v) is 13.2. The fourth-order valence-electron chi connectivity index (χ4n) is 3.85. The number of fused-ring (bicyclic) bond motifs is 3. The van der Waals surface area contributed by atoms with Gasteiger partial charge in [0.25, 0.3) is 11.5 Å². The van der Waals surface area contributed by atoms with Gasteiger partial charge in [0.05, 0.1) is 10.9 Å². The normalized spacial score (nSPS) is 12.5. The fraction of sp³-hybridized carbons (Fsp3) is 0.407. The van der Waals surface area contributed by atoms with Crippen LogP contribution in [0.4, 0.5) is 0 Å². The van der Waals surface area contributed by atoms with Crippen LogP contribution in [0.5, 0.6) is 0 Å². The van der Waals surface area contributed by atoms with Crippen molar-refractivity contribution < 1.29 is 4.79 Å². The molecule has 0 aliphatic carbocycles. The highest BCUT2D eigenvalue weighted by molar-refractivity contribution is 7.98. The molecule has 0 spiro atoms. The number of carbonyl (C=O) groups excluding carboxylic acids is 1. The third kappa shape index (κ3) is 5.42. The summed E-state index contributed by atoms with van der Waals surface area (Å²) < 4.78 is 3.64. The Morgan fingerprint density at radius 1 is 1.09 bits per heavy atom. The zero-order chi connectivity index (χ0) is 25.1. The number of hydrogen-bond donors (Lipinski definition) is 1. The van der Waals surface area contributed by atoms with E-state index < -0.39 is 0 Å². The summed E-state index contributed by atoms with van der Waals surface area (Å²) in [6.45, 7) is 10.9. The number of hydrogen-bond acceptors (Lipinski definition) is 5. The van der Waals surface area contributed by atoms with Crippen molar-refractivity contribution in [3.63, 3.8) is 0 Å². The van der Waals surface area contributed by atoms with Gasteiger partial charge in [0, 0.05) is 23.9 Å². The van der Waals surface area contributed by atoms with E-state index in [4.69, 9.17) is 0 Å². The summed E-state index contributed by atoms with van der Waals surface area (Å²) in [6, 6.07) is 13.7. The lowest BCUT2D eigenvalue weighted by Gasteiger charge is -2.14. The maximum atomic E-state index is 13.5. The third-order valence-electron chi connectivity index (χ3n) is 6.24. The maximum absolute atomic E-state index is 13.5. The Kier molecular flexibility index (Phi) is 7.60. The molecule has 35 heavy (non-hydrogen) atoms. The van der Waals surface area contributed by atoms with Gasteiger partial charge < -0.3 is 5.32 Å². The quantitative estimate of drug-likeness (QED) is 0.325. The summed E-state index contributed by atoms with van der Waals surface area (Å²) in [7, 11) is 0. The minimum absolute atomic E-state index is 0.0674. The minimum atomic E-state index is -0.152. The molecule has 2 aromatic heterocycles. The molecule has 0 bridgehead atoms. The van der Waals surface area contributed by atoms with E-state index in [2.05, 4.69) is 60.6 Å². The lowest BCUT2D eigenvalue weighted by Crippen LogP contribution is -2.32. The molecule has 0 radical (unpaired) electrons. The van der Waals surface area contributed by atoms with E-state index in [-0.39, 0.29) is 17.5 Å². The lowest BCUT2D eigenvalue weighted by molar-refractivity contribution is 0.0939. The van der Waals surface area contributed by atoms with Gasteiger partial charge in [0.1, 0.15) is 0 Å². The number of amides is 1. The number of thioether (sulfide) groups is 1. The Balaban J connectivity index is 1.83. The highest BCUT2D eigenvalue weighted by Gasteiger charge is 2.19. The molecule has 1 N–H and O–H groups in total. The lowest BCUT2D eigenvalue weighted by atomic mass is 10.1. The maximum Gasteiger partial charge on any atom is 0.262 e. The summed E-state index contributed by atoms with van der Waals surface area (Å²) in [5.41, 5.74) is 3.46. The van der Waals surface area contributed by atoms with E-state index >= 15 is 0 Å². The molecule has 184 valence electrons. The molecule has 1 amide bonds. The summed E-state index contributed by atoms with van der Waals surface area (Å²) >= 11 is 1.57. The average molecular weight is 492 g/mol. The van der Waals surface area contributed by atoms with Crippen LogP contribution in [0, 0.1) is 12.8 Å². The van der Waals surface area contributed by atoms with Crippen molar-refractivity contribution in [2.45, 2.75) is 71.0 Å². The standard InChI is InChI=1S/C27H33N5O2S/c1-6-19(5)28-24(33)21-11-12-22-23(15-21)32-26(31(25(22)34)14-13-17(2)3)29-30-27(32)35-16-20-9-7-18(4)8-10-20/h7-12,15,17,19H,6,13-14,16H2,1-5H3,(H,28,33)/t19-/m0/s1. The number of nitrogens with one attached hydrogen (secondary N) is 1. The Bertz CT molecular complexity index is 1410. The van der Waals surface area contributed by atoms with Crippen molar-refractivity contribution in [3.8, 4) is 0 Å². The molecule has 4 rings (SSSR count). The molecule has 7 nitrogen and oxygen atoms in total. The molecule has 0 fully saturated rings. The minimum Gasteiger partial charge on any atom is -0.350 e. The summed E-state index contributed by atoms with van der Waals surface area (Å²) in [6.07, 6.45) is 1.70. The first-order valence-electron chi connectivity index (χ1n) is 12.2. The van der Waals surface area contributed by atoms with Crippen molar-refractivity contribution >= 4 is 34.3 Å². The molecule has 0 aliphatic rings. The van der Waals surface area contributed by atoms with Gasteiger partial charge in [0.15, 0.2) is 5.16 Å². The Hall–Kier alpha value is -3.13. The van der Waals surface area contributed by atoms with Crippen LogP contribution in [0.1, 0.15) is 62.0 Å². The van der Waals surface area contributed by atoms with E-state index in [1.807, 2.05) is 18.2 Å². The fourth-order valence-corrected chi connectivity index (χ4v) is 4.74. The zero-order valence-electron chi connectivity index (χ0n) is 21.0. The molecular formula is C27H33N5O2S. The highest BCUT2D eigenvalue weighted by Crippen LogP contribution is 2.26. The van der Waals surface area contributed by atoms with E-state index in [1.54, 1.807) is 34.5 Å². The van der Waals surface area contributed by atoms with E-state index in [0.717, 1.165) is 18.6 Å². The second kappa shape index (κ2) is 10.6.